The summed E-state index contributed by atoms with van der Waals surface area (Å²) >= 11 is 12.1. The Hall–Kier alpha value is -2.64. The number of anilines is 1. The minimum Gasteiger partial charge on any atom is -0.379 e. The number of carbonyl (C=O) groups is 2. The Bertz CT molecular complexity index is 1060. The second-order valence-electron chi connectivity index (χ2n) is 5.68. The maximum atomic E-state index is 13.0. The summed E-state index contributed by atoms with van der Waals surface area (Å²) in [5, 5.41) is 8.77. The molecular formula is C16H14Cl2F3N5O4S. The Morgan fingerprint density at radius 1 is 1.39 bits per heavy atom. The highest BCUT2D eigenvalue weighted by Gasteiger charge is 2.33. The van der Waals surface area contributed by atoms with Gasteiger partial charge in [0.05, 0.1) is 26.4 Å². The molecule has 1 heterocycles. The molecule has 2 aromatic rings. The third-order valence-electron chi connectivity index (χ3n) is 3.60. The van der Waals surface area contributed by atoms with Crippen LogP contribution >= 0.6 is 23.2 Å². The molecule has 9 nitrogen and oxygen atoms in total. The Morgan fingerprint density at radius 2 is 1.97 bits per heavy atom. The zero-order valence-electron chi connectivity index (χ0n) is 15.8. The van der Waals surface area contributed by atoms with Gasteiger partial charge in [-0.3, -0.25) is 9.00 Å². The molecule has 31 heavy (non-hydrogen) atoms. The highest BCUT2D eigenvalue weighted by molar-refractivity contribution is 7.85. The number of halogens is 5. The van der Waals surface area contributed by atoms with E-state index >= 15 is 0 Å². The van der Waals surface area contributed by atoms with E-state index in [1.54, 1.807) is 6.92 Å². The van der Waals surface area contributed by atoms with E-state index in [9.17, 15) is 27.0 Å². The first-order valence-electron chi connectivity index (χ1n) is 8.21. The topological polar surface area (TPSA) is 129 Å². The summed E-state index contributed by atoms with van der Waals surface area (Å²) in [5.74, 6) is -1.48. The molecule has 0 saturated carbocycles. The number of alkyl halides is 3. The van der Waals surface area contributed by atoms with Crippen LogP contribution in [0, 0.1) is 0 Å². The van der Waals surface area contributed by atoms with Gasteiger partial charge in [-0.1, -0.05) is 35.3 Å². The normalized spacial score (nSPS) is 13.1. The summed E-state index contributed by atoms with van der Waals surface area (Å²) in [6, 6.07) is 1.23. The van der Waals surface area contributed by atoms with Gasteiger partial charge >= 0.3 is 12.1 Å². The number of carbonyl (C=O) groups excluding carboxylic acids is 2. The zero-order valence-corrected chi connectivity index (χ0v) is 18.1. The first-order chi connectivity index (χ1) is 14.4. The van der Waals surface area contributed by atoms with Crippen molar-refractivity contribution in [2.45, 2.75) is 24.9 Å². The van der Waals surface area contributed by atoms with E-state index in [-0.39, 0.29) is 34.3 Å². The van der Waals surface area contributed by atoms with E-state index in [0.29, 0.717) is 12.1 Å². The molecule has 3 N–H and O–H groups in total. The van der Waals surface area contributed by atoms with E-state index in [2.05, 4.69) is 20.4 Å². The molecule has 0 spiro atoms. The molecule has 168 valence electrons. The fourth-order valence-electron chi connectivity index (χ4n) is 2.36. The first-order valence-corrected chi connectivity index (χ1v) is 10.3. The molecule has 0 aliphatic rings. The van der Waals surface area contributed by atoms with Gasteiger partial charge in [-0.2, -0.15) is 18.3 Å². The summed E-state index contributed by atoms with van der Waals surface area (Å²) in [5.41, 5.74) is 4.15. The maximum absolute atomic E-state index is 13.0. The van der Waals surface area contributed by atoms with Crippen molar-refractivity contribution < 1.29 is 31.8 Å². The number of nitrogens with zero attached hydrogens (tertiary/aromatic N) is 3. The summed E-state index contributed by atoms with van der Waals surface area (Å²) in [4.78, 5) is 26.5. The van der Waals surface area contributed by atoms with Crippen LogP contribution in [0.5, 0.6) is 0 Å². The number of rotatable bonds is 7. The number of benzene rings is 1. The van der Waals surface area contributed by atoms with E-state index in [0.717, 1.165) is 11.6 Å². The molecule has 0 aliphatic heterocycles. The SMILES string of the molecule is CCS(=O)c1c(/C(N)=N/OC(C)=O)nn(-c2c(Cl)cc(C(F)(F)F)cc2Cl)c1NC=O. The van der Waals surface area contributed by atoms with Crippen LogP contribution in [-0.4, -0.2) is 38.0 Å². The lowest BCUT2D eigenvalue weighted by Crippen LogP contribution is -2.18. The highest BCUT2D eigenvalue weighted by atomic mass is 35.5. The fraction of sp³-hybridized carbons (Fsp3) is 0.250. The van der Waals surface area contributed by atoms with Gasteiger partial charge in [-0.15, -0.1) is 0 Å². The standard InChI is InChI=1S/C16H14Cl2F3N5O4S/c1-3-31(29)13-11(14(22)25-30-7(2)28)24-26(15(13)23-6-27)12-9(17)4-8(5-10(12)18)16(19,20)21/h4-6H,3H2,1-2H3,(H2,22,25)(H,23,27). The van der Waals surface area contributed by atoms with E-state index < -0.39 is 44.4 Å². The number of oxime groups is 1. The molecule has 0 bridgehead atoms. The lowest BCUT2D eigenvalue weighted by Gasteiger charge is -2.14. The average Bonchev–Trinajstić information content (AvgIpc) is 3.03. The maximum Gasteiger partial charge on any atom is 0.416 e. The Labute approximate surface area is 185 Å². The molecule has 1 unspecified atom stereocenters. The number of amidine groups is 1. The number of nitrogens with one attached hydrogen (secondary N) is 1. The van der Waals surface area contributed by atoms with Gasteiger partial charge in [0, 0.05) is 12.7 Å². The molecule has 0 aliphatic carbocycles. The van der Waals surface area contributed by atoms with Gasteiger partial charge in [-0.05, 0) is 12.1 Å². The lowest BCUT2D eigenvalue weighted by atomic mass is 10.2. The Kier molecular flexibility index (Phi) is 7.68. The van der Waals surface area contributed by atoms with Crippen LogP contribution in [0.4, 0.5) is 19.0 Å². The van der Waals surface area contributed by atoms with Crippen molar-refractivity contribution in [1.82, 2.24) is 9.78 Å². The monoisotopic (exact) mass is 499 g/mol. The van der Waals surface area contributed by atoms with Crippen molar-refractivity contribution in [1.29, 1.82) is 0 Å². The van der Waals surface area contributed by atoms with Crippen molar-refractivity contribution in [2.75, 3.05) is 11.1 Å². The van der Waals surface area contributed by atoms with Gasteiger partial charge in [0.15, 0.2) is 11.7 Å². The van der Waals surface area contributed by atoms with Gasteiger partial charge < -0.3 is 15.9 Å². The summed E-state index contributed by atoms with van der Waals surface area (Å²) < 4.78 is 52.6. The van der Waals surface area contributed by atoms with Gasteiger partial charge in [0.2, 0.25) is 6.41 Å². The van der Waals surface area contributed by atoms with Crippen molar-refractivity contribution in [2.24, 2.45) is 10.9 Å². The molecular weight excluding hydrogens is 486 g/mol. The average molecular weight is 500 g/mol. The zero-order chi connectivity index (χ0) is 23.5. The highest BCUT2D eigenvalue weighted by Crippen LogP contribution is 2.39. The molecule has 0 saturated heterocycles. The minimum absolute atomic E-state index is 0.0432. The largest absolute Gasteiger partial charge is 0.416 e. The molecule has 1 atom stereocenters. The van der Waals surface area contributed by atoms with Crippen molar-refractivity contribution >= 4 is 58.0 Å². The lowest BCUT2D eigenvalue weighted by molar-refractivity contribution is -0.141. The molecule has 1 amide bonds. The second kappa shape index (κ2) is 9.66. The predicted octanol–water partition coefficient (Wildman–Crippen LogP) is 3.08. The van der Waals surface area contributed by atoms with Crippen LogP contribution in [0.2, 0.25) is 10.0 Å². The number of hydrogen-bond donors (Lipinski definition) is 2. The minimum atomic E-state index is -4.72. The van der Waals surface area contributed by atoms with Crippen molar-refractivity contribution in [3.8, 4) is 5.69 Å². The fourth-order valence-corrected chi connectivity index (χ4v) is 4.02. The summed E-state index contributed by atoms with van der Waals surface area (Å²) in [7, 11) is -1.81. The van der Waals surface area contributed by atoms with Crippen LogP contribution in [0.3, 0.4) is 0 Å². The van der Waals surface area contributed by atoms with E-state index in [4.69, 9.17) is 28.9 Å². The van der Waals surface area contributed by atoms with Crippen LogP contribution < -0.4 is 11.1 Å². The smallest absolute Gasteiger partial charge is 0.379 e. The molecule has 1 aromatic heterocycles. The van der Waals surface area contributed by atoms with E-state index in [1.807, 2.05) is 0 Å². The van der Waals surface area contributed by atoms with Crippen molar-refractivity contribution in [3.05, 3.63) is 33.4 Å². The first kappa shape index (κ1) is 24.6. The molecule has 0 radical (unpaired) electrons. The second-order valence-corrected chi connectivity index (χ2v) is 8.17. The number of hydrogen-bond acceptors (Lipinski definition) is 6. The Balaban J connectivity index is 2.85. The van der Waals surface area contributed by atoms with Gasteiger partial charge in [-0.25, -0.2) is 9.48 Å². The number of aromatic nitrogens is 2. The van der Waals surface area contributed by atoms with Crippen LogP contribution in [0.25, 0.3) is 5.69 Å². The predicted molar refractivity (Wildman–Crippen MR) is 108 cm³/mol. The summed E-state index contributed by atoms with van der Waals surface area (Å²) in [6.45, 7) is 2.61. The van der Waals surface area contributed by atoms with Gasteiger partial charge in [0.25, 0.3) is 0 Å². The third-order valence-corrected chi connectivity index (χ3v) is 5.54. The Morgan fingerprint density at radius 3 is 2.42 bits per heavy atom. The quantitative estimate of drug-likeness (QED) is 0.198. The molecule has 15 heteroatoms. The number of amides is 1. The van der Waals surface area contributed by atoms with Crippen LogP contribution in [-0.2, 0) is 31.4 Å². The molecule has 2 rings (SSSR count). The van der Waals surface area contributed by atoms with Crippen molar-refractivity contribution in [3.63, 3.8) is 0 Å². The number of nitrogens with two attached hydrogens (primary N) is 1. The molecule has 0 fully saturated rings. The van der Waals surface area contributed by atoms with E-state index in [1.165, 1.54) is 0 Å². The van der Waals surface area contributed by atoms with Crippen LogP contribution in [0.1, 0.15) is 25.1 Å². The molecule has 1 aromatic carbocycles. The third kappa shape index (κ3) is 5.35. The summed E-state index contributed by atoms with van der Waals surface area (Å²) in [6.07, 6.45) is -4.50. The van der Waals surface area contributed by atoms with Gasteiger partial charge in [0.1, 0.15) is 16.3 Å². The van der Waals surface area contributed by atoms with Crippen LogP contribution in [0.15, 0.2) is 22.2 Å².